The van der Waals surface area contributed by atoms with Gasteiger partial charge in [-0.2, -0.15) is 0 Å². The summed E-state index contributed by atoms with van der Waals surface area (Å²) in [5.41, 5.74) is 7.05. The van der Waals surface area contributed by atoms with Crippen molar-refractivity contribution in [3.05, 3.63) is 23.8 Å². The van der Waals surface area contributed by atoms with Crippen molar-refractivity contribution < 1.29 is 14.3 Å². The summed E-state index contributed by atoms with van der Waals surface area (Å²) in [4.78, 5) is 11.7. The number of ether oxygens (including phenoxy) is 2. The van der Waals surface area contributed by atoms with E-state index in [0.29, 0.717) is 22.9 Å². The summed E-state index contributed by atoms with van der Waals surface area (Å²) in [6.07, 6.45) is 3.37. The lowest BCUT2D eigenvalue weighted by atomic mass is 9.71. The maximum absolute atomic E-state index is 11.7. The van der Waals surface area contributed by atoms with Crippen molar-refractivity contribution in [1.82, 2.24) is 0 Å². The Bertz CT molecular complexity index is 525. The Morgan fingerprint density at radius 1 is 1.33 bits per heavy atom. The molecular formula is C17H25NO3. The molecule has 1 aromatic rings. The molecule has 0 aliphatic heterocycles. The van der Waals surface area contributed by atoms with Crippen molar-refractivity contribution in [2.24, 2.45) is 11.3 Å². The van der Waals surface area contributed by atoms with E-state index in [1.807, 2.05) is 6.07 Å². The first kappa shape index (κ1) is 15.7. The highest BCUT2D eigenvalue weighted by Crippen LogP contribution is 2.40. The van der Waals surface area contributed by atoms with Gasteiger partial charge in [0.1, 0.15) is 5.75 Å². The third-order valence-electron chi connectivity index (χ3n) is 4.11. The van der Waals surface area contributed by atoms with Crippen LogP contribution in [-0.4, -0.2) is 19.2 Å². The number of hydrogen-bond acceptors (Lipinski definition) is 4. The average molecular weight is 291 g/mol. The second-order valence-electron chi connectivity index (χ2n) is 6.86. The fraction of sp³-hybridized carbons (Fsp3) is 0.588. The molecule has 1 aliphatic carbocycles. The highest BCUT2D eigenvalue weighted by molar-refractivity contribution is 5.96. The zero-order valence-corrected chi connectivity index (χ0v) is 13.3. The molecule has 2 N–H and O–H groups in total. The molecule has 0 radical (unpaired) electrons. The molecule has 0 spiro atoms. The minimum Gasteiger partial charge on any atom is -0.488 e. The number of carbonyl (C=O) groups is 1. The minimum absolute atomic E-state index is 0.138. The number of rotatable bonds is 3. The van der Waals surface area contributed by atoms with Crippen molar-refractivity contribution in [2.75, 3.05) is 12.8 Å². The van der Waals surface area contributed by atoms with Crippen LogP contribution in [0.3, 0.4) is 0 Å². The van der Waals surface area contributed by atoms with E-state index in [1.165, 1.54) is 13.5 Å². The first-order chi connectivity index (χ1) is 9.82. The number of esters is 1. The second-order valence-corrected chi connectivity index (χ2v) is 6.86. The summed E-state index contributed by atoms with van der Waals surface area (Å²) in [5.74, 6) is 0.770. The standard InChI is InChI=1S/C17H25NO3/c1-11-8-12(10-17(2,3)9-11)21-14-7-5-6-13(15(14)18)16(19)20-4/h5-7,11-12H,8-10,18H2,1-4H3. The monoisotopic (exact) mass is 291 g/mol. The van der Waals surface area contributed by atoms with Gasteiger partial charge < -0.3 is 15.2 Å². The number of benzene rings is 1. The van der Waals surface area contributed by atoms with Crippen LogP contribution in [0.1, 0.15) is 50.4 Å². The van der Waals surface area contributed by atoms with Gasteiger partial charge in [0.15, 0.2) is 0 Å². The fourth-order valence-electron chi connectivity index (χ4n) is 3.46. The number of nitrogens with two attached hydrogens (primary N) is 1. The summed E-state index contributed by atoms with van der Waals surface area (Å²) < 4.78 is 10.8. The Morgan fingerprint density at radius 2 is 2.05 bits per heavy atom. The molecule has 4 heteroatoms. The van der Waals surface area contributed by atoms with Crippen LogP contribution in [0.2, 0.25) is 0 Å². The molecular weight excluding hydrogens is 266 g/mol. The molecule has 1 aliphatic rings. The Kier molecular flexibility index (Phi) is 4.45. The fourth-order valence-corrected chi connectivity index (χ4v) is 3.46. The van der Waals surface area contributed by atoms with Crippen molar-refractivity contribution in [3.63, 3.8) is 0 Å². The molecule has 2 unspecified atom stereocenters. The quantitative estimate of drug-likeness (QED) is 0.682. The minimum atomic E-state index is -0.435. The van der Waals surface area contributed by atoms with Crippen LogP contribution in [0.25, 0.3) is 0 Å². The van der Waals surface area contributed by atoms with Gasteiger partial charge >= 0.3 is 5.97 Å². The molecule has 0 aromatic heterocycles. The van der Waals surface area contributed by atoms with E-state index in [0.717, 1.165) is 12.8 Å². The Morgan fingerprint density at radius 3 is 2.67 bits per heavy atom. The SMILES string of the molecule is COC(=O)c1cccc(OC2CC(C)CC(C)(C)C2)c1N. The average Bonchev–Trinajstić information content (AvgIpc) is 2.38. The van der Waals surface area contributed by atoms with Gasteiger partial charge in [-0.05, 0) is 42.7 Å². The summed E-state index contributed by atoms with van der Waals surface area (Å²) in [5, 5.41) is 0. The van der Waals surface area contributed by atoms with Crippen LogP contribution >= 0.6 is 0 Å². The van der Waals surface area contributed by atoms with Crippen LogP contribution in [0.5, 0.6) is 5.75 Å². The van der Waals surface area contributed by atoms with Gasteiger partial charge in [0, 0.05) is 0 Å². The highest BCUT2D eigenvalue weighted by atomic mass is 16.5. The summed E-state index contributed by atoms with van der Waals surface area (Å²) in [6.45, 7) is 6.80. The third-order valence-corrected chi connectivity index (χ3v) is 4.11. The predicted molar refractivity (Wildman–Crippen MR) is 83.4 cm³/mol. The number of hydrogen-bond donors (Lipinski definition) is 1. The first-order valence-corrected chi connectivity index (χ1v) is 7.46. The van der Waals surface area contributed by atoms with Crippen LogP contribution in [0, 0.1) is 11.3 Å². The maximum Gasteiger partial charge on any atom is 0.340 e. The molecule has 0 heterocycles. The Labute approximate surface area is 126 Å². The lowest BCUT2D eigenvalue weighted by molar-refractivity contribution is 0.0553. The van der Waals surface area contributed by atoms with Gasteiger partial charge in [0.25, 0.3) is 0 Å². The predicted octanol–water partition coefficient (Wildman–Crippen LogP) is 3.65. The molecule has 0 saturated heterocycles. The van der Waals surface area contributed by atoms with E-state index in [2.05, 4.69) is 20.8 Å². The van der Waals surface area contributed by atoms with E-state index < -0.39 is 5.97 Å². The van der Waals surface area contributed by atoms with Gasteiger partial charge in [-0.15, -0.1) is 0 Å². The number of anilines is 1. The second kappa shape index (κ2) is 5.96. The zero-order valence-electron chi connectivity index (χ0n) is 13.3. The normalized spacial score (nSPS) is 24.4. The zero-order chi connectivity index (χ0) is 15.6. The molecule has 2 rings (SSSR count). The topological polar surface area (TPSA) is 61.5 Å². The van der Waals surface area contributed by atoms with E-state index >= 15 is 0 Å². The largest absolute Gasteiger partial charge is 0.488 e. The number of nitrogen functional groups attached to an aromatic ring is 1. The lowest BCUT2D eigenvalue weighted by Gasteiger charge is -2.39. The molecule has 4 nitrogen and oxygen atoms in total. The van der Waals surface area contributed by atoms with Gasteiger partial charge in [-0.3, -0.25) is 0 Å². The summed E-state index contributed by atoms with van der Waals surface area (Å²) in [7, 11) is 1.35. The van der Waals surface area contributed by atoms with Crippen LogP contribution in [0.4, 0.5) is 5.69 Å². The van der Waals surface area contributed by atoms with Crippen molar-refractivity contribution >= 4 is 11.7 Å². The Balaban J connectivity index is 2.18. The number of carbonyl (C=O) groups excluding carboxylic acids is 1. The molecule has 0 bridgehead atoms. The van der Waals surface area contributed by atoms with Crippen molar-refractivity contribution in [1.29, 1.82) is 0 Å². The molecule has 1 saturated carbocycles. The van der Waals surface area contributed by atoms with Gasteiger partial charge in [-0.25, -0.2) is 4.79 Å². The van der Waals surface area contributed by atoms with Crippen LogP contribution < -0.4 is 10.5 Å². The van der Waals surface area contributed by atoms with Gasteiger partial charge in [0.05, 0.1) is 24.5 Å². The Hall–Kier alpha value is -1.71. The molecule has 21 heavy (non-hydrogen) atoms. The molecule has 116 valence electrons. The van der Waals surface area contributed by atoms with Crippen LogP contribution in [-0.2, 0) is 4.74 Å². The van der Waals surface area contributed by atoms with Crippen molar-refractivity contribution in [3.8, 4) is 5.75 Å². The van der Waals surface area contributed by atoms with E-state index in [9.17, 15) is 4.79 Å². The maximum atomic E-state index is 11.7. The van der Waals surface area contributed by atoms with E-state index in [-0.39, 0.29) is 11.5 Å². The molecule has 0 amide bonds. The van der Waals surface area contributed by atoms with Crippen LogP contribution in [0.15, 0.2) is 18.2 Å². The third kappa shape index (κ3) is 3.69. The van der Waals surface area contributed by atoms with Gasteiger partial charge in [-0.1, -0.05) is 26.8 Å². The highest BCUT2D eigenvalue weighted by Gasteiger charge is 2.33. The number of para-hydroxylation sites is 1. The smallest absolute Gasteiger partial charge is 0.340 e. The summed E-state index contributed by atoms with van der Waals surface area (Å²) >= 11 is 0. The summed E-state index contributed by atoms with van der Waals surface area (Å²) in [6, 6.07) is 5.24. The van der Waals surface area contributed by atoms with Gasteiger partial charge in [0.2, 0.25) is 0 Å². The van der Waals surface area contributed by atoms with E-state index in [4.69, 9.17) is 15.2 Å². The first-order valence-electron chi connectivity index (χ1n) is 7.46. The number of methoxy groups -OCH3 is 1. The van der Waals surface area contributed by atoms with E-state index in [1.54, 1.807) is 12.1 Å². The lowest BCUT2D eigenvalue weighted by Crippen LogP contribution is -2.34. The van der Waals surface area contributed by atoms with Crippen molar-refractivity contribution in [2.45, 2.75) is 46.1 Å². The molecule has 1 aromatic carbocycles. The molecule has 2 atom stereocenters. The molecule has 1 fully saturated rings.